The number of hydrogen-bond acceptors (Lipinski definition) is 2. The average molecular weight is 239 g/mol. The molecule has 1 aromatic heterocycles. The molecule has 0 fully saturated rings. The van der Waals surface area contributed by atoms with Crippen LogP contribution in [0.4, 0.5) is 5.69 Å². The maximum absolute atomic E-state index is 5.81. The Morgan fingerprint density at radius 2 is 1.40 bits per heavy atom. The Labute approximate surface area is 97.7 Å². The zero-order valence-corrected chi connectivity index (χ0v) is 9.26. The monoisotopic (exact) mass is 238 g/mol. The first-order valence-corrected chi connectivity index (χ1v) is 5.10. The first kappa shape index (κ1) is 10.3. The van der Waals surface area contributed by atoms with Crippen molar-refractivity contribution < 1.29 is 0 Å². The van der Waals surface area contributed by atoms with Gasteiger partial charge in [0.1, 0.15) is 10.3 Å². The lowest BCUT2D eigenvalue weighted by atomic mass is 10.1. The van der Waals surface area contributed by atoms with Gasteiger partial charge in [-0.1, -0.05) is 35.3 Å². The minimum Gasteiger partial charge on any atom is -0.399 e. The van der Waals surface area contributed by atoms with Crippen LogP contribution in [0.2, 0.25) is 10.3 Å². The number of nitrogens with zero attached hydrogens (tertiary/aromatic N) is 1. The number of nitrogens with two attached hydrogens (primary N) is 1. The molecule has 0 saturated heterocycles. The van der Waals surface area contributed by atoms with Gasteiger partial charge in [-0.2, -0.15) is 0 Å². The summed E-state index contributed by atoms with van der Waals surface area (Å²) in [6.45, 7) is 0. The van der Waals surface area contributed by atoms with E-state index in [1.54, 1.807) is 12.1 Å². The fourth-order valence-corrected chi connectivity index (χ4v) is 1.77. The molecule has 0 spiro atoms. The van der Waals surface area contributed by atoms with Gasteiger partial charge >= 0.3 is 0 Å². The van der Waals surface area contributed by atoms with Crippen LogP contribution in [0.3, 0.4) is 0 Å². The number of hydrogen-bond donors (Lipinski definition) is 1. The highest BCUT2D eigenvalue weighted by Crippen LogP contribution is 2.25. The second kappa shape index (κ2) is 4.09. The van der Waals surface area contributed by atoms with Gasteiger partial charge in [-0.25, -0.2) is 4.98 Å². The van der Waals surface area contributed by atoms with Gasteiger partial charge in [0.2, 0.25) is 0 Å². The molecule has 1 aromatic carbocycles. The third-order valence-corrected chi connectivity index (χ3v) is 2.39. The number of benzene rings is 1. The molecular weight excluding hydrogens is 231 g/mol. The third kappa shape index (κ3) is 2.41. The Kier molecular flexibility index (Phi) is 2.80. The highest BCUT2D eigenvalue weighted by molar-refractivity contribution is 6.32. The Hall–Kier alpha value is -1.25. The zero-order valence-electron chi connectivity index (χ0n) is 7.74. The largest absolute Gasteiger partial charge is 0.399 e. The SMILES string of the molecule is Nc1ccc(-c2cc(Cl)nc(Cl)c2)cc1. The van der Waals surface area contributed by atoms with Crippen LogP contribution in [0.1, 0.15) is 0 Å². The Balaban J connectivity index is 2.49. The summed E-state index contributed by atoms with van der Waals surface area (Å²) in [5, 5.41) is 0.767. The van der Waals surface area contributed by atoms with E-state index in [0.29, 0.717) is 10.3 Å². The van der Waals surface area contributed by atoms with Crippen molar-refractivity contribution in [3.63, 3.8) is 0 Å². The van der Waals surface area contributed by atoms with Gasteiger partial charge in [0.15, 0.2) is 0 Å². The quantitative estimate of drug-likeness (QED) is 0.609. The second-order valence-electron chi connectivity index (χ2n) is 3.12. The summed E-state index contributed by atoms with van der Waals surface area (Å²) >= 11 is 11.6. The lowest BCUT2D eigenvalue weighted by molar-refractivity contribution is 1.33. The molecule has 2 N–H and O–H groups in total. The van der Waals surface area contributed by atoms with Crippen molar-refractivity contribution in [3.8, 4) is 11.1 Å². The molecule has 0 aliphatic heterocycles. The van der Waals surface area contributed by atoms with Crippen LogP contribution < -0.4 is 5.73 Å². The van der Waals surface area contributed by atoms with Crippen molar-refractivity contribution in [1.82, 2.24) is 4.98 Å². The summed E-state index contributed by atoms with van der Waals surface area (Å²) in [5.41, 5.74) is 8.27. The van der Waals surface area contributed by atoms with Crippen molar-refractivity contribution in [2.24, 2.45) is 0 Å². The van der Waals surface area contributed by atoms with Gasteiger partial charge in [0.25, 0.3) is 0 Å². The number of pyridine rings is 1. The van der Waals surface area contributed by atoms with E-state index in [1.165, 1.54) is 0 Å². The molecule has 0 atom stereocenters. The normalized spacial score (nSPS) is 10.3. The number of anilines is 1. The van der Waals surface area contributed by atoms with Crippen molar-refractivity contribution in [3.05, 3.63) is 46.7 Å². The third-order valence-electron chi connectivity index (χ3n) is 2.01. The fourth-order valence-electron chi connectivity index (χ4n) is 1.31. The van der Waals surface area contributed by atoms with Crippen LogP contribution in [0, 0.1) is 0 Å². The molecule has 0 saturated carbocycles. The molecule has 2 nitrogen and oxygen atoms in total. The summed E-state index contributed by atoms with van der Waals surface area (Å²) in [6.07, 6.45) is 0. The number of aromatic nitrogens is 1. The highest BCUT2D eigenvalue weighted by atomic mass is 35.5. The Morgan fingerprint density at radius 3 is 1.93 bits per heavy atom. The van der Waals surface area contributed by atoms with Crippen LogP contribution in [0.25, 0.3) is 11.1 Å². The molecule has 0 unspecified atom stereocenters. The van der Waals surface area contributed by atoms with Crippen LogP contribution in [-0.2, 0) is 0 Å². The summed E-state index contributed by atoms with van der Waals surface area (Å²) in [7, 11) is 0. The minimum absolute atomic E-state index is 0.384. The molecule has 2 aromatic rings. The van der Waals surface area contributed by atoms with Crippen LogP contribution in [0.5, 0.6) is 0 Å². The van der Waals surface area contributed by atoms with E-state index in [4.69, 9.17) is 28.9 Å². The number of rotatable bonds is 1. The molecular formula is C11H8Cl2N2. The molecule has 1 heterocycles. The predicted molar refractivity (Wildman–Crippen MR) is 64.1 cm³/mol. The molecule has 2 rings (SSSR count). The summed E-state index contributed by atoms with van der Waals surface area (Å²) in [6, 6.07) is 11.0. The summed E-state index contributed by atoms with van der Waals surface area (Å²) in [5.74, 6) is 0. The maximum atomic E-state index is 5.81. The van der Waals surface area contributed by atoms with Crippen molar-refractivity contribution in [2.45, 2.75) is 0 Å². The smallest absolute Gasteiger partial charge is 0.131 e. The number of halogens is 2. The van der Waals surface area contributed by atoms with E-state index in [-0.39, 0.29) is 0 Å². The van der Waals surface area contributed by atoms with Crippen molar-refractivity contribution in [1.29, 1.82) is 0 Å². The van der Waals surface area contributed by atoms with E-state index >= 15 is 0 Å². The second-order valence-corrected chi connectivity index (χ2v) is 3.90. The molecule has 0 radical (unpaired) electrons. The van der Waals surface area contributed by atoms with E-state index in [2.05, 4.69) is 4.98 Å². The number of nitrogen functional groups attached to an aromatic ring is 1. The molecule has 0 aliphatic carbocycles. The van der Waals surface area contributed by atoms with E-state index in [9.17, 15) is 0 Å². The van der Waals surface area contributed by atoms with Gasteiger partial charge < -0.3 is 5.73 Å². The van der Waals surface area contributed by atoms with Crippen LogP contribution in [-0.4, -0.2) is 4.98 Å². The van der Waals surface area contributed by atoms with Gasteiger partial charge in [0.05, 0.1) is 0 Å². The molecule has 0 aliphatic rings. The highest BCUT2D eigenvalue weighted by Gasteiger charge is 2.01. The van der Waals surface area contributed by atoms with Gasteiger partial charge in [-0.15, -0.1) is 0 Å². The fraction of sp³-hybridized carbons (Fsp3) is 0. The lowest BCUT2D eigenvalue weighted by Crippen LogP contribution is -1.85. The first-order valence-electron chi connectivity index (χ1n) is 4.34. The summed E-state index contributed by atoms with van der Waals surface area (Å²) < 4.78 is 0. The molecule has 0 bridgehead atoms. The standard InChI is InChI=1S/C11H8Cl2N2/c12-10-5-8(6-11(13)15-10)7-1-3-9(14)4-2-7/h1-6H,14H2. The first-order chi connectivity index (χ1) is 7.15. The average Bonchev–Trinajstić information content (AvgIpc) is 2.17. The predicted octanol–water partition coefficient (Wildman–Crippen LogP) is 3.64. The van der Waals surface area contributed by atoms with Gasteiger partial charge in [0, 0.05) is 5.69 Å². The lowest BCUT2D eigenvalue weighted by Gasteiger charge is -2.03. The van der Waals surface area contributed by atoms with Gasteiger partial charge in [-0.05, 0) is 35.4 Å². The van der Waals surface area contributed by atoms with Crippen molar-refractivity contribution in [2.75, 3.05) is 5.73 Å². The van der Waals surface area contributed by atoms with Gasteiger partial charge in [-0.3, -0.25) is 0 Å². The Morgan fingerprint density at radius 1 is 0.867 bits per heavy atom. The minimum atomic E-state index is 0.384. The van der Waals surface area contributed by atoms with Crippen molar-refractivity contribution >= 4 is 28.9 Å². The molecule has 0 amide bonds. The van der Waals surface area contributed by atoms with Crippen LogP contribution >= 0.6 is 23.2 Å². The summed E-state index contributed by atoms with van der Waals surface area (Å²) in [4.78, 5) is 3.88. The molecule has 15 heavy (non-hydrogen) atoms. The van der Waals surface area contributed by atoms with Crippen LogP contribution in [0.15, 0.2) is 36.4 Å². The van der Waals surface area contributed by atoms with E-state index in [1.807, 2.05) is 24.3 Å². The Bertz CT molecular complexity index is 460. The topological polar surface area (TPSA) is 38.9 Å². The molecule has 76 valence electrons. The zero-order chi connectivity index (χ0) is 10.8. The maximum Gasteiger partial charge on any atom is 0.131 e. The molecule has 4 heteroatoms. The van der Waals surface area contributed by atoms with E-state index in [0.717, 1.165) is 16.8 Å². The van der Waals surface area contributed by atoms with E-state index < -0.39 is 0 Å².